The van der Waals surface area contributed by atoms with Crippen LogP contribution in [0.2, 0.25) is 0 Å². The third-order valence-corrected chi connectivity index (χ3v) is 4.45. The molecule has 1 fully saturated rings. The Morgan fingerprint density at radius 2 is 2.08 bits per heavy atom. The van der Waals surface area contributed by atoms with Gasteiger partial charge in [0.15, 0.2) is 11.5 Å². The van der Waals surface area contributed by atoms with Crippen LogP contribution in [-0.4, -0.2) is 53.4 Å². The first-order valence-electron chi connectivity index (χ1n) is 8.06. The van der Waals surface area contributed by atoms with Crippen molar-refractivity contribution in [2.75, 3.05) is 27.3 Å². The normalized spacial score (nSPS) is 21.0. The van der Waals surface area contributed by atoms with Gasteiger partial charge in [-0.15, -0.1) is 0 Å². The quantitative estimate of drug-likeness (QED) is 0.867. The molecule has 0 bridgehead atoms. The number of aromatic nitrogens is 2. The van der Waals surface area contributed by atoms with E-state index >= 15 is 0 Å². The number of hydrogen-bond donors (Lipinski definition) is 1. The van der Waals surface area contributed by atoms with E-state index in [9.17, 15) is 5.11 Å². The van der Waals surface area contributed by atoms with Gasteiger partial charge in [-0.2, -0.15) is 0 Å². The monoisotopic (exact) mass is 329 g/mol. The highest BCUT2D eigenvalue weighted by atomic mass is 16.5. The van der Waals surface area contributed by atoms with Crippen molar-refractivity contribution >= 4 is 0 Å². The molecule has 2 atom stereocenters. The van der Waals surface area contributed by atoms with E-state index in [0.717, 1.165) is 35.7 Å². The van der Waals surface area contributed by atoms with Gasteiger partial charge >= 0.3 is 0 Å². The minimum Gasteiger partial charge on any atom is -0.493 e. The smallest absolute Gasteiger partial charge is 0.165 e. The van der Waals surface area contributed by atoms with Gasteiger partial charge in [0.25, 0.3) is 0 Å². The van der Waals surface area contributed by atoms with Gasteiger partial charge < -0.3 is 14.6 Å². The summed E-state index contributed by atoms with van der Waals surface area (Å²) in [4.78, 5) is 10.6. The van der Waals surface area contributed by atoms with Crippen molar-refractivity contribution in [3.05, 3.63) is 48.0 Å². The molecule has 128 valence electrons. The van der Waals surface area contributed by atoms with Gasteiger partial charge in [-0.3, -0.25) is 14.9 Å². The summed E-state index contributed by atoms with van der Waals surface area (Å²) < 4.78 is 10.8. The van der Waals surface area contributed by atoms with E-state index in [2.05, 4.69) is 14.9 Å². The second kappa shape index (κ2) is 7.59. The Morgan fingerprint density at radius 1 is 1.21 bits per heavy atom. The number of aliphatic hydroxyl groups is 1. The third-order valence-electron chi connectivity index (χ3n) is 4.45. The molecular weight excluding hydrogens is 306 g/mol. The Labute approximate surface area is 142 Å². The number of para-hydroxylation sites is 1. The summed E-state index contributed by atoms with van der Waals surface area (Å²) in [5, 5.41) is 10.4. The molecule has 3 rings (SSSR count). The van der Waals surface area contributed by atoms with Gasteiger partial charge in [0.05, 0.1) is 26.0 Å². The van der Waals surface area contributed by atoms with Crippen LogP contribution in [0.25, 0.3) is 0 Å². The number of ether oxygens (including phenoxy) is 2. The van der Waals surface area contributed by atoms with Crippen molar-refractivity contribution in [1.82, 2.24) is 14.9 Å². The van der Waals surface area contributed by atoms with Gasteiger partial charge in [0, 0.05) is 49.7 Å². The number of likely N-dealkylation sites (tertiary alicyclic amines) is 1. The molecule has 1 aliphatic rings. The summed E-state index contributed by atoms with van der Waals surface area (Å²) >= 11 is 0. The first-order chi connectivity index (χ1) is 11.7. The summed E-state index contributed by atoms with van der Waals surface area (Å²) in [7, 11) is 3.29. The highest BCUT2D eigenvalue weighted by molar-refractivity contribution is 5.46. The molecule has 1 saturated heterocycles. The SMILES string of the molecule is COc1cccc(CN2C[C@@H](Cc3cnccn3)[C@H](O)C2)c1OC. The van der Waals surface area contributed by atoms with Crippen LogP contribution in [-0.2, 0) is 13.0 Å². The molecule has 0 radical (unpaired) electrons. The maximum Gasteiger partial charge on any atom is 0.165 e. The molecule has 6 nitrogen and oxygen atoms in total. The molecule has 1 aromatic carbocycles. The van der Waals surface area contributed by atoms with Crippen molar-refractivity contribution in [3.8, 4) is 11.5 Å². The highest BCUT2D eigenvalue weighted by Crippen LogP contribution is 2.32. The largest absolute Gasteiger partial charge is 0.493 e. The topological polar surface area (TPSA) is 67.7 Å². The van der Waals surface area contributed by atoms with Crippen LogP contribution >= 0.6 is 0 Å². The maximum atomic E-state index is 10.4. The first kappa shape index (κ1) is 16.7. The zero-order valence-corrected chi connectivity index (χ0v) is 14.1. The molecule has 6 heteroatoms. The zero-order chi connectivity index (χ0) is 16.9. The van der Waals surface area contributed by atoms with E-state index in [0.29, 0.717) is 13.1 Å². The van der Waals surface area contributed by atoms with Crippen molar-refractivity contribution in [1.29, 1.82) is 0 Å². The fraction of sp³-hybridized carbons (Fsp3) is 0.444. The average molecular weight is 329 g/mol. The Bertz CT molecular complexity index is 666. The van der Waals surface area contributed by atoms with Gasteiger partial charge in [0.2, 0.25) is 0 Å². The van der Waals surface area contributed by atoms with E-state index in [1.165, 1.54) is 0 Å². The molecule has 2 heterocycles. The lowest BCUT2D eigenvalue weighted by Crippen LogP contribution is -2.21. The van der Waals surface area contributed by atoms with Gasteiger partial charge in [-0.1, -0.05) is 12.1 Å². The third kappa shape index (κ3) is 3.66. The Hall–Kier alpha value is -2.18. The zero-order valence-electron chi connectivity index (χ0n) is 14.1. The number of hydrogen-bond acceptors (Lipinski definition) is 6. The predicted molar refractivity (Wildman–Crippen MR) is 90.1 cm³/mol. The Kier molecular flexibility index (Phi) is 5.27. The van der Waals surface area contributed by atoms with E-state index in [1.54, 1.807) is 32.8 Å². The fourth-order valence-corrected chi connectivity index (χ4v) is 3.29. The van der Waals surface area contributed by atoms with Gasteiger partial charge in [0.1, 0.15) is 0 Å². The predicted octanol–water partition coefficient (Wildman–Crippen LogP) is 1.53. The standard InChI is InChI=1S/C18H23N3O3/c1-23-17-5-3-4-13(18(17)24-2)10-21-11-14(16(22)12-21)8-15-9-19-6-7-20-15/h3-7,9,14,16,22H,8,10-12H2,1-2H3/t14-,16-/m1/s1. The number of nitrogens with zero attached hydrogens (tertiary/aromatic N) is 3. The molecule has 24 heavy (non-hydrogen) atoms. The molecule has 1 aliphatic heterocycles. The van der Waals surface area contributed by atoms with Crippen molar-refractivity contribution in [2.45, 2.75) is 19.1 Å². The van der Waals surface area contributed by atoms with E-state index in [1.807, 2.05) is 18.2 Å². The lowest BCUT2D eigenvalue weighted by atomic mass is 10.0. The first-order valence-corrected chi connectivity index (χ1v) is 8.06. The molecule has 0 spiro atoms. The maximum absolute atomic E-state index is 10.4. The van der Waals surface area contributed by atoms with Crippen LogP contribution in [0, 0.1) is 5.92 Å². The van der Waals surface area contributed by atoms with Crippen LogP contribution in [0.1, 0.15) is 11.3 Å². The van der Waals surface area contributed by atoms with Crippen LogP contribution in [0.15, 0.2) is 36.8 Å². The van der Waals surface area contributed by atoms with Crippen LogP contribution in [0.5, 0.6) is 11.5 Å². The molecule has 1 N–H and O–H groups in total. The molecular formula is C18H23N3O3. The molecule has 0 amide bonds. The minimum atomic E-state index is -0.358. The Balaban J connectivity index is 1.67. The summed E-state index contributed by atoms with van der Waals surface area (Å²) in [6.07, 6.45) is 5.50. The van der Waals surface area contributed by atoms with Crippen molar-refractivity contribution < 1.29 is 14.6 Å². The lowest BCUT2D eigenvalue weighted by molar-refractivity contribution is 0.140. The van der Waals surface area contributed by atoms with E-state index < -0.39 is 0 Å². The minimum absolute atomic E-state index is 0.165. The lowest BCUT2D eigenvalue weighted by Gasteiger charge is -2.19. The van der Waals surface area contributed by atoms with E-state index in [4.69, 9.17) is 9.47 Å². The molecule has 2 aromatic rings. The average Bonchev–Trinajstić information content (AvgIpc) is 2.94. The summed E-state index contributed by atoms with van der Waals surface area (Å²) in [5.41, 5.74) is 1.98. The van der Waals surface area contributed by atoms with E-state index in [-0.39, 0.29) is 12.0 Å². The van der Waals surface area contributed by atoms with Crippen LogP contribution in [0.4, 0.5) is 0 Å². The number of rotatable bonds is 6. The van der Waals surface area contributed by atoms with Crippen LogP contribution in [0.3, 0.4) is 0 Å². The summed E-state index contributed by atoms with van der Waals surface area (Å²) in [6.45, 7) is 2.18. The van der Waals surface area contributed by atoms with Crippen LogP contribution < -0.4 is 9.47 Å². The number of benzene rings is 1. The van der Waals surface area contributed by atoms with Crippen molar-refractivity contribution in [2.24, 2.45) is 5.92 Å². The molecule has 1 aromatic heterocycles. The number of methoxy groups -OCH3 is 2. The molecule has 0 unspecified atom stereocenters. The molecule has 0 saturated carbocycles. The molecule has 0 aliphatic carbocycles. The summed E-state index contributed by atoms with van der Waals surface area (Å²) in [6, 6.07) is 5.88. The summed E-state index contributed by atoms with van der Waals surface area (Å²) in [5.74, 6) is 1.65. The number of aliphatic hydroxyl groups excluding tert-OH is 1. The second-order valence-electron chi connectivity index (χ2n) is 6.08. The fourth-order valence-electron chi connectivity index (χ4n) is 3.29. The van der Waals surface area contributed by atoms with Crippen molar-refractivity contribution in [3.63, 3.8) is 0 Å². The van der Waals surface area contributed by atoms with Gasteiger partial charge in [-0.25, -0.2) is 0 Å². The second-order valence-corrected chi connectivity index (χ2v) is 6.08. The highest BCUT2D eigenvalue weighted by Gasteiger charge is 2.32. The number of β-amino-alcohol motifs (C(OH)–C–C–N with tert-alkyl or cyclic N) is 1. The Morgan fingerprint density at radius 3 is 2.79 bits per heavy atom. The van der Waals surface area contributed by atoms with Gasteiger partial charge in [-0.05, 0) is 12.5 Å².